The molecule has 1 heterocycles. The fourth-order valence-electron chi connectivity index (χ4n) is 3.23. The van der Waals surface area contributed by atoms with Crippen molar-refractivity contribution >= 4 is 34.7 Å². The van der Waals surface area contributed by atoms with E-state index in [1.165, 1.54) is 11.3 Å². The lowest BCUT2D eigenvalue weighted by atomic mass is 9.93. The summed E-state index contributed by atoms with van der Waals surface area (Å²) in [7, 11) is 0. The van der Waals surface area contributed by atoms with Gasteiger partial charge in [-0.2, -0.15) is 0 Å². The minimum Gasteiger partial charge on any atom is -0.326 e. The van der Waals surface area contributed by atoms with E-state index in [0.717, 1.165) is 27.8 Å². The number of anilines is 1. The first-order valence-electron chi connectivity index (χ1n) is 7.31. The van der Waals surface area contributed by atoms with Crippen LogP contribution in [-0.2, 0) is 4.79 Å². The zero-order valence-electron chi connectivity index (χ0n) is 11.8. The van der Waals surface area contributed by atoms with Crippen molar-refractivity contribution in [1.82, 2.24) is 10.2 Å². The number of rotatable bonds is 4. The highest BCUT2D eigenvalue weighted by molar-refractivity contribution is 8.01. The Balaban J connectivity index is 1.39. The third-order valence-electron chi connectivity index (χ3n) is 4.28. The molecule has 0 radical (unpaired) electrons. The maximum Gasteiger partial charge on any atom is 0.228 e. The van der Waals surface area contributed by atoms with Crippen LogP contribution in [0.2, 0.25) is 0 Å². The maximum atomic E-state index is 12.4. The fourth-order valence-corrected chi connectivity index (χ4v) is 4.68. The number of amides is 1. The zero-order valence-corrected chi connectivity index (χ0v) is 13.4. The lowest BCUT2D eigenvalue weighted by Gasteiger charge is -2.17. The van der Waals surface area contributed by atoms with Gasteiger partial charge in [0.15, 0.2) is 4.34 Å². The van der Waals surface area contributed by atoms with Crippen molar-refractivity contribution < 1.29 is 4.79 Å². The van der Waals surface area contributed by atoms with E-state index in [2.05, 4.69) is 27.7 Å². The van der Waals surface area contributed by atoms with E-state index in [9.17, 15) is 4.79 Å². The number of carbonyl (C=O) groups excluding carboxylic acids is 1. The highest BCUT2D eigenvalue weighted by Crippen LogP contribution is 2.43. The van der Waals surface area contributed by atoms with E-state index in [1.54, 1.807) is 17.3 Å². The lowest BCUT2D eigenvalue weighted by Crippen LogP contribution is -2.25. The van der Waals surface area contributed by atoms with E-state index >= 15 is 0 Å². The van der Waals surface area contributed by atoms with Crippen LogP contribution in [-0.4, -0.2) is 16.1 Å². The summed E-state index contributed by atoms with van der Waals surface area (Å²) in [4.78, 5) is 13.5. The maximum absolute atomic E-state index is 12.4. The molecule has 1 N–H and O–H groups in total. The van der Waals surface area contributed by atoms with Crippen LogP contribution < -0.4 is 5.32 Å². The van der Waals surface area contributed by atoms with Crippen molar-refractivity contribution in [2.24, 2.45) is 17.8 Å². The first kappa shape index (κ1) is 14.0. The monoisotopic (exact) mass is 329 g/mol. The summed E-state index contributed by atoms with van der Waals surface area (Å²) in [5, 5.41) is 10.9. The topological polar surface area (TPSA) is 54.9 Å². The number of fused-ring (bicyclic) bond motifs is 2. The first-order valence-corrected chi connectivity index (χ1v) is 9.01. The molecule has 1 amide bonds. The summed E-state index contributed by atoms with van der Waals surface area (Å²) in [6.07, 6.45) is 6.61. The third-order valence-corrected chi connectivity index (χ3v) is 6.07. The van der Waals surface area contributed by atoms with Crippen LogP contribution in [0.5, 0.6) is 0 Å². The summed E-state index contributed by atoms with van der Waals surface area (Å²) in [6, 6.07) is 7.90. The van der Waals surface area contributed by atoms with E-state index in [4.69, 9.17) is 0 Å². The molecule has 22 heavy (non-hydrogen) atoms. The molecule has 4 nitrogen and oxygen atoms in total. The molecule has 1 aromatic heterocycles. The molecule has 112 valence electrons. The molecule has 4 rings (SSSR count). The van der Waals surface area contributed by atoms with Crippen molar-refractivity contribution in [1.29, 1.82) is 0 Å². The van der Waals surface area contributed by atoms with Crippen LogP contribution >= 0.6 is 23.1 Å². The average molecular weight is 329 g/mol. The van der Waals surface area contributed by atoms with Gasteiger partial charge in [-0.05, 0) is 48.9 Å². The van der Waals surface area contributed by atoms with E-state index < -0.39 is 0 Å². The molecule has 2 aromatic rings. The van der Waals surface area contributed by atoms with Gasteiger partial charge in [-0.25, -0.2) is 0 Å². The number of hydrogen-bond donors (Lipinski definition) is 1. The van der Waals surface area contributed by atoms with Crippen LogP contribution in [0.25, 0.3) is 0 Å². The van der Waals surface area contributed by atoms with E-state index in [0.29, 0.717) is 11.8 Å². The Morgan fingerprint density at radius 1 is 1.23 bits per heavy atom. The molecule has 0 saturated heterocycles. The van der Waals surface area contributed by atoms with Gasteiger partial charge in [-0.1, -0.05) is 35.3 Å². The molecule has 2 aliphatic carbocycles. The minimum absolute atomic E-state index is 0.144. The summed E-state index contributed by atoms with van der Waals surface area (Å²) >= 11 is 3.10. The normalized spacial score (nSPS) is 25.5. The Bertz CT molecular complexity index is 697. The second-order valence-electron chi connectivity index (χ2n) is 5.71. The molecule has 3 atom stereocenters. The average Bonchev–Trinajstić information content (AvgIpc) is 3.26. The summed E-state index contributed by atoms with van der Waals surface area (Å²) in [5.74, 6) is 1.36. The van der Waals surface area contributed by atoms with Crippen LogP contribution in [0.1, 0.15) is 12.8 Å². The molecule has 0 aliphatic heterocycles. The Kier molecular flexibility index (Phi) is 3.72. The fraction of sp³-hybridized carbons (Fsp3) is 0.312. The van der Waals surface area contributed by atoms with Crippen molar-refractivity contribution in [2.45, 2.75) is 22.1 Å². The number of aromatic nitrogens is 2. The molecule has 1 fully saturated rings. The largest absolute Gasteiger partial charge is 0.326 e. The number of allylic oxidation sites excluding steroid dienone is 2. The molecular weight excluding hydrogens is 314 g/mol. The molecule has 2 aliphatic rings. The molecule has 6 heteroatoms. The van der Waals surface area contributed by atoms with Crippen molar-refractivity contribution in [3.8, 4) is 0 Å². The van der Waals surface area contributed by atoms with Gasteiger partial charge in [0.2, 0.25) is 5.91 Å². The smallest absolute Gasteiger partial charge is 0.228 e. The van der Waals surface area contributed by atoms with Gasteiger partial charge in [0.25, 0.3) is 0 Å². The molecular formula is C16H15N3OS2. The van der Waals surface area contributed by atoms with E-state index in [1.807, 2.05) is 24.3 Å². The minimum atomic E-state index is 0.144. The predicted molar refractivity (Wildman–Crippen MR) is 87.9 cm³/mol. The van der Waals surface area contributed by atoms with Crippen LogP contribution in [0, 0.1) is 17.8 Å². The van der Waals surface area contributed by atoms with Crippen LogP contribution in [0.15, 0.2) is 51.2 Å². The molecule has 0 unspecified atom stereocenters. The standard InChI is InChI=1S/C16H15N3OS2/c20-15(14-8-10-1-2-11(14)7-10)18-12-3-5-13(6-4-12)22-16-19-17-9-21-16/h1-6,9-11,14H,7-8H2,(H,18,20)/t10-,11-,14-/m0/s1. The molecule has 1 saturated carbocycles. The van der Waals surface area contributed by atoms with Gasteiger partial charge < -0.3 is 5.32 Å². The summed E-state index contributed by atoms with van der Waals surface area (Å²) in [5.41, 5.74) is 2.58. The van der Waals surface area contributed by atoms with E-state index in [-0.39, 0.29) is 11.8 Å². The second kappa shape index (κ2) is 5.85. The number of carbonyl (C=O) groups is 1. The quantitative estimate of drug-likeness (QED) is 0.866. The predicted octanol–water partition coefficient (Wildman–Crippen LogP) is 3.84. The van der Waals surface area contributed by atoms with Gasteiger partial charge in [0.05, 0.1) is 0 Å². The lowest BCUT2D eigenvalue weighted by molar-refractivity contribution is -0.120. The van der Waals surface area contributed by atoms with Gasteiger partial charge in [-0.15, -0.1) is 10.2 Å². The van der Waals surface area contributed by atoms with Crippen LogP contribution in [0.4, 0.5) is 5.69 Å². The van der Waals surface area contributed by atoms with Crippen molar-refractivity contribution in [3.05, 3.63) is 41.9 Å². The summed E-state index contributed by atoms with van der Waals surface area (Å²) < 4.78 is 0.922. The SMILES string of the molecule is O=C(Nc1ccc(Sc2nncs2)cc1)[C@H]1C[C@H]2C=C[C@H]1C2. The highest BCUT2D eigenvalue weighted by Gasteiger charge is 2.39. The Morgan fingerprint density at radius 2 is 2.09 bits per heavy atom. The number of benzene rings is 1. The van der Waals surface area contributed by atoms with Gasteiger partial charge in [0.1, 0.15) is 5.51 Å². The van der Waals surface area contributed by atoms with Crippen LogP contribution in [0.3, 0.4) is 0 Å². The number of nitrogens with zero attached hydrogens (tertiary/aromatic N) is 2. The molecule has 2 bridgehead atoms. The second-order valence-corrected chi connectivity index (χ2v) is 7.86. The Labute approximate surface area is 137 Å². The first-order chi connectivity index (χ1) is 10.8. The highest BCUT2D eigenvalue weighted by atomic mass is 32.2. The summed E-state index contributed by atoms with van der Waals surface area (Å²) in [6.45, 7) is 0. The van der Waals surface area contributed by atoms with Gasteiger partial charge in [-0.3, -0.25) is 4.79 Å². The Morgan fingerprint density at radius 3 is 2.73 bits per heavy atom. The van der Waals surface area contributed by atoms with Gasteiger partial charge >= 0.3 is 0 Å². The zero-order chi connectivity index (χ0) is 14.9. The number of hydrogen-bond acceptors (Lipinski definition) is 5. The van der Waals surface area contributed by atoms with Gasteiger partial charge in [0, 0.05) is 16.5 Å². The third kappa shape index (κ3) is 2.80. The molecule has 1 aromatic carbocycles. The Hall–Kier alpha value is -1.66. The van der Waals surface area contributed by atoms with Crippen molar-refractivity contribution in [2.75, 3.05) is 5.32 Å². The van der Waals surface area contributed by atoms with Crippen molar-refractivity contribution in [3.63, 3.8) is 0 Å². The number of nitrogens with one attached hydrogen (secondary N) is 1. The molecule has 0 spiro atoms.